The number of hydrogen-bond donors (Lipinski definition) is 0. The fourth-order valence-electron chi connectivity index (χ4n) is 5.38. The summed E-state index contributed by atoms with van der Waals surface area (Å²) in [6.45, 7) is 4.13. The molecule has 0 spiro atoms. The van der Waals surface area contributed by atoms with Crippen molar-refractivity contribution in [3.8, 4) is 11.6 Å². The van der Waals surface area contributed by atoms with E-state index in [0.29, 0.717) is 36.0 Å². The highest BCUT2D eigenvalue weighted by Gasteiger charge is 2.36. The van der Waals surface area contributed by atoms with Crippen molar-refractivity contribution in [2.75, 3.05) is 26.7 Å². The summed E-state index contributed by atoms with van der Waals surface area (Å²) in [7, 11) is 1.56. The topological polar surface area (TPSA) is 72.0 Å². The van der Waals surface area contributed by atoms with E-state index in [0.717, 1.165) is 64.3 Å². The number of amides is 2. The molecule has 1 aliphatic heterocycles. The third kappa shape index (κ3) is 6.18. The normalized spacial score (nSPS) is 21.9. The zero-order chi connectivity index (χ0) is 25.3. The van der Waals surface area contributed by atoms with Crippen LogP contribution in [0.2, 0.25) is 0 Å². The van der Waals surface area contributed by atoms with E-state index in [1.165, 1.54) is 0 Å². The Labute approximate surface area is 214 Å². The third-order valence-electron chi connectivity index (χ3n) is 7.37. The van der Waals surface area contributed by atoms with Crippen LogP contribution in [-0.2, 0) is 0 Å². The van der Waals surface area contributed by atoms with E-state index in [4.69, 9.17) is 9.47 Å². The second-order valence-corrected chi connectivity index (χ2v) is 9.72. The lowest BCUT2D eigenvalue weighted by Crippen LogP contribution is -2.51. The van der Waals surface area contributed by atoms with E-state index in [9.17, 15) is 9.59 Å². The number of ether oxygens (including phenoxy) is 2. The van der Waals surface area contributed by atoms with Gasteiger partial charge in [-0.15, -0.1) is 0 Å². The fraction of sp³-hybridized carbons (Fsp3) is 0.552. The third-order valence-corrected chi connectivity index (χ3v) is 7.37. The number of pyridine rings is 1. The molecule has 1 saturated carbocycles. The van der Waals surface area contributed by atoms with Crippen LogP contribution >= 0.6 is 0 Å². The molecule has 1 aromatic heterocycles. The maximum Gasteiger partial charge on any atom is 0.272 e. The Morgan fingerprint density at radius 2 is 1.72 bits per heavy atom. The summed E-state index contributed by atoms with van der Waals surface area (Å²) in [6.07, 6.45) is 8.75. The van der Waals surface area contributed by atoms with Crippen molar-refractivity contribution in [3.63, 3.8) is 0 Å². The predicted octanol–water partition coefficient (Wildman–Crippen LogP) is 5.35. The number of benzene rings is 1. The number of carbonyl (C=O) groups is 2. The Morgan fingerprint density at radius 1 is 0.972 bits per heavy atom. The molecule has 1 aromatic carbocycles. The first-order valence-corrected chi connectivity index (χ1v) is 13.5. The van der Waals surface area contributed by atoms with Crippen LogP contribution in [0.15, 0.2) is 42.5 Å². The summed E-state index contributed by atoms with van der Waals surface area (Å²) in [6, 6.07) is 12.8. The average Bonchev–Trinajstić information content (AvgIpc) is 2.92. The molecule has 7 heteroatoms. The van der Waals surface area contributed by atoms with Crippen molar-refractivity contribution in [2.45, 2.75) is 76.9 Å². The van der Waals surface area contributed by atoms with Gasteiger partial charge >= 0.3 is 0 Å². The Hall–Kier alpha value is -3.09. The van der Waals surface area contributed by atoms with Gasteiger partial charge in [0.1, 0.15) is 17.5 Å². The van der Waals surface area contributed by atoms with Crippen molar-refractivity contribution in [1.29, 1.82) is 0 Å². The Balaban J connectivity index is 1.67. The van der Waals surface area contributed by atoms with Gasteiger partial charge in [0.2, 0.25) is 5.88 Å². The minimum Gasteiger partial charge on any atom is -0.487 e. The monoisotopic (exact) mass is 493 g/mol. The summed E-state index contributed by atoms with van der Waals surface area (Å²) in [4.78, 5) is 35.6. The molecule has 2 amide bonds. The highest BCUT2D eigenvalue weighted by Crippen LogP contribution is 2.31. The van der Waals surface area contributed by atoms with Gasteiger partial charge in [-0.3, -0.25) is 9.59 Å². The van der Waals surface area contributed by atoms with E-state index in [1.807, 2.05) is 47.1 Å². The largest absolute Gasteiger partial charge is 0.487 e. The van der Waals surface area contributed by atoms with Crippen LogP contribution in [-0.4, -0.2) is 65.5 Å². The van der Waals surface area contributed by atoms with Gasteiger partial charge in [0.25, 0.3) is 11.8 Å². The van der Waals surface area contributed by atoms with Gasteiger partial charge in [-0.05, 0) is 57.2 Å². The number of methoxy groups -OCH3 is 1. The number of fused-ring (bicyclic) bond motifs is 2. The maximum absolute atomic E-state index is 13.8. The SMILES string of the molecule is CCN1CCCCCCCN(C(=O)c2cccc(OC)n2)[C@@H]2CCCC[C@@H]2Oc2ccccc2C1=O. The van der Waals surface area contributed by atoms with Crippen LogP contribution in [0.25, 0.3) is 0 Å². The second-order valence-electron chi connectivity index (χ2n) is 9.72. The van der Waals surface area contributed by atoms with Gasteiger partial charge in [-0.25, -0.2) is 4.98 Å². The van der Waals surface area contributed by atoms with Crippen LogP contribution < -0.4 is 9.47 Å². The van der Waals surface area contributed by atoms with Crippen molar-refractivity contribution in [3.05, 3.63) is 53.7 Å². The van der Waals surface area contributed by atoms with Crippen LogP contribution in [0, 0.1) is 0 Å². The zero-order valence-corrected chi connectivity index (χ0v) is 21.7. The molecule has 4 rings (SSSR count). The van der Waals surface area contributed by atoms with Crippen LogP contribution in [0.4, 0.5) is 0 Å². The molecule has 1 fully saturated rings. The molecule has 0 saturated heterocycles. The summed E-state index contributed by atoms with van der Waals surface area (Å²) >= 11 is 0. The molecule has 0 bridgehead atoms. The number of carbonyl (C=O) groups excluding carboxylic acids is 2. The predicted molar refractivity (Wildman–Crippen MR) is 140 cm³/mol. The van der Waals surface area contributed by atoms with Gasteiger partial charge in [0.05, 0.1) is 18.7 Å². The molecule has 0 N–H and O–H groups in total. The van der Waals surface area contributed by atoms with E-state index in [2.05, 4.69) is 4.98 Å². The lowest BCUT2D eigenvalue weighted by atomic mass is 9.90. The van der Waals surface area contributed by atoms with E-state index in [1.54, 1.807) is 19.2 Å². The molecule has 1 aliphatic carbocycles. The van der Waals surface area contributed by atoms with Crippen molar-refractivity contribution >= 4 is 11.8 Å². The number of hydrogen-bond acceptors (Lipinski definition) is 5. The van der Waals surface area contributed by atoms with E-state index < -0.39 is 0 Å². The fourth-order valence-corrected chi connectivity index (χ4v) is 5.38. The molecule has 2 atom stereocenters. The summed E-state index contributed by atoms with van der Waals surface area (Å²) in [5.41, 5.74) is 0.997. The number of para-hydroxylation sites is 1. The maximum atomic E-state index is 13.8. The first-order chi connectivity index (χ1) is 17.6. The summed E-state index contributed by atoms with van der Waals surface area (Å²) in [5, 5.41) is 0. The molecule has 2 aliphatic rings. The molecular formula is C29H39N3O4. The first kappa shape index (κ1) is 26.0. The standard InChI is InChI=1S/C29H39N3O4/c1-3-31-20-11-5-4-6-12-21-32(29(34)23-15-13-19-27(30-23)35-2)24-16-8-10-18-26(24)36-25-17-9-7-14-22(25)28(31)33/h7,9,13-15,17,19,24,26H,3-6,8,10-12,16,18,20-21H2,1-2H3/t24-,26+/m1/s1. The minimum absolute atomic E-state index is 0.0174. The van der Waals surface area contributed by atoms with Crippen LogP contribution in [0.1, 0.15) is 85.6 Å². The van der Waals surface area contributed by atoms with Gasteiger partial charge in [0, 0.05) is 25.7 Å². The molecule has 2 heterocycles. The van der Waals surface area contributed by atoms with E-state index in [-0.39, 0.29) is 24.0 Å². The number of aromatic nitrogens is 1. The Kier molecular flexibility index (Phi) is 9.20. The molecule has 0 radical (unpaired) electrons. The molecular weight excluding hydrogens is 454 g/mol. The molecule has 0 unspecified atom stereocenters. The smallest absolute Gasteiger partial charge is 0.272 e. The minimum atomic E-state index is -0.178. The second kappa shape index (κ2) is 12.7. The molecule has 36 heavy (non-hydrogen) atoms. The van der Waals surface area contributed by atoms with Gasteiger partial charge in [-0.1, -0.05) is 43.9 Å². The average molecular weight is 494 g/mol. The van der Waals surface area contributed by atoms with Crippen molar-refractivity contribution < 1.29 is 19.1 Å². The Bertz CT molecular complexity index is 1030. The van der Waals surface area contributed by atoms with Crippen molar-refractivity contribution in [1.82, 2.24) is 14.8 Å². The molecule has 7 nitrogen and oxygen atoms in total. The summed E-state index contributed by atoms with van der Waals surface area (Å²) in [5.74, 6) is 0.979. The lowest BCUT2D eigenvalue weighted by molar-refractivity contribution is 0.0265. The highest BCUT2D eigenvalue weighted by atomic mass is 16.5. The molecule has 2 aromatic rings. The first-order valence-electron chi connectivity index (χ1n) is 13.5. The highest BCUT2D eigenvalue weighted by molar-refractivity contribution is 5.97. The summed E-state index contributed by atoms with van der Waals surface area (Å²) < 4.78 is 11.9. The number of rotatable bonds is 3. The number of nitrogens with zero attached hydrogens (tertiary/aromatic N) is 3. The van der Waals surface area contributed by atoms with Gasteiger partial charge in [-0.2, -0.15) is 0 Å². The zero-order valence-electron chi connectivity index (χ0n) is 21.7. The van der Waals surface area contributed by atoms with Crippen molar-refractivity contribution in [2.24, 2.45) is 0 Å². The van der Waals surface area contributed by atoms with Crippen LogP contribution in [0.3, 0.4) is 0 Å². The van der Waals surface area contributed by atoms with E-state index >= 15 is 0 Å². The quantitative estimate of drug-likeness (QED) is 0.576. The molecule has 194 valence electrons. The van der Waals surface area contributed by atoms with Crippen LogP contribution in [0.5, 0.6) is 11.6 Å². The van der Waals surface area contributed by atoms with Gasteiger partial charge in [0.15, 0.2) is 0 Å². The Morgan fingerprint density at radius 3 is 2.53 bits per heavy atom. The van der Waals surface area contributed by atoms with Gasteiger partial charge < -0.3 is 19.3 Å². The lowest BCUT2D eigenvalue weighted by Gasteiger charge is -2.40.